The normalized spacial score (nSPS) is 20.7. The molecule has 2 aliphatic heterocycles. The van der Waals surface area contributed by atoms with Crippen molar-refractivity contribution in [2.45, 2.75) is 30.3 Å². The largest absolute Gasteiger partial charge is 0.371 e. The number of rotatable bonds is 5. The van der Waals surface area contributed by atoms with E-state index in [-0.39, 0.29) is 29.5 Å². The molecule has 0 radical (unpaired) electrons. The van der Waals surface area contributed by atoms with Crippen LogP contribution in [0.1, 0.15) is 40.7 Å². The molecular weight excluding hydrogens is 392 g/mol. The second kappa shape index (κ2) is 6.98. The Kier molecular flexibility index (Phi) is 4.66. The molecule has 9 nitrogen and oxygen atoms in total. The molecule has 1 fully saturated rings. The van der Waals surface area contributed by atoms with Crippen molar-refractivity contribution >= 4 is 38.3 Å². The minimum absolute atomic E-state index is 0.0271. The van der Waals surface area contributed by atoms with Crippen LogP contribution in [0.25, 0.3) is 0 Å². The molecule has 142 valence electrons. The van der Waals surface area contributed by atoms with Crippen LogP contribution in [0.5, 0.6) is 0 Å². The predicted molar refractivity (Wildman–Crippen MR) is 95.7 cm³/mol. The monoisotopic (exact) mass is 408 g/mol. The predicted octanol–water partition coefficient (Wildman–Crippen LogP) is 1.56. The molecule has 27 heavy (non-hydrogen) atoms. The molecule has 1 saturated heterocycles. The molecule has 1 N–H and O–H groups in total. The molecule has 0 unspecified atom stereocenters. The number of anilines is 1. The maximum absolute atomic E-state index is 12.5. The van der Waals surface area contributed by atoms with Gasteiger partial charge in [-0.25, -0.2) is 12.7 Å². The molecule has 1 atom stereocenters. The van der Waals surface area contributed by atoms with Crippen LogP contribution in [0.4, 0.5) is 5.13 Å². The molecule has 1 aromatic heterocycles. The first-order valence-corrected chi connectivity index (χ1v) is 10.6. The molecule has 2 aliphatic rings. The van der Waals surface area contributed by atoms with Gasteiger partial charge in [-0.3, -0.25) is 9.59 Å². The van der Waals surface area contributed by atoms with E-state index < -0.39 is 21.8 Å². The Labute approximate surface area is 159 Å². The fraction of sp³-hybridized carbons (Fsp3) is 0.375. The van der Waals surface area contributed by atoms with Crippen LogP contribution in [0.3, 0.4) is 0 Å². The summed E-state index contributed by atoms with van der Waals surface area (Å²) < 4.78 is 31.2. The van der Waals surface area contributed by atoms with Gasteiger partial charge < -0.3 is 10.1 Å². The Morgan fingerprint density at radius 2 is 2.15 bits per heavy atom. The number of sulfonamides is 1. The molecule has 11 heteroatoms. The average molecular weight is 408 g/mol. The van der Waals surface area contributed by atoms with Crippen molar-refractivity contribution in [1.29, 1.82) is 0 Å². The number of fused-ring (bicyclic) bond motifs is 1. The summed E-state index contributed by atoms with van der Waals surface area (Å²) >= 11 is 1.23. The first-order chi connectivity index (χ1) is 13.0. The van der Waals surface area contributed by atoms with Crippen molar-refractivity contribution in [1.82, 2.24) is 14.5 Å². The fourth-order valence-electron chi connectivity index (χ4n) is 3.02. The molecule has 2 amide bonds. The quantitative estimate of drug-likeness (QED) is 0.797. The minimum atomic E-state index is -3.91. The molecule has 0 spiro atoms. The van der Waals surface area contributed by atoms with Crippen LogP contribution in [-0.2, 0) is 19.6 Å². The van der Waals surface area contributed by atoms with Gasteiger partial charge in [-0.05, 0) is 25.0 Å². The van der Waals surface area contributed by atoms with Crippen LogP contribution in [0, 0.1) is 0 Å². The Balaban J connectivity index is 1.38. The van der Waals surface area contributed by atoms with Gasteiger partial charge in [0.1, 0.15) is 16.0 Å². The van der Waals surface area contributed by atoms with Gasteiger partial charge in [0.15, 0.2) is 0 Å². The maximum Gasteiger partial charge on any atom is 0.269 e. The van der Waals surface area contributed by atoms with Gasteiger partial charge >= 0.3 is 0 Å². The lowest BCUT2D eigenvalue weighted by molar-refractivity contribution is -0.116. The number of nitrogens with zero attached hydrogens (tertiary/aromatic N) is 3. The van der Waals surface area contributed by atoms with Crippen molar-refractivity contribution < 1.29 is 22.7 Å². The summed E-state index contributed by atoms with van der Waals surface area (Å²) in [6, 6.07) is 6.00. The summed E-state index contributed by atoms with van der Waals surface area (Å²) in [4.78, 5) is 24.4. The number of aromatic nitrogens is 2. The zero-order valence-corrected chi connectivity index (χ0v) is 15.8. The molecule has 4 rings (SSSR count). The third kappa shape index (κ3) is 3.33. The lowest BCUT2D eigenvalue weighted by atomic mass is 10.2. The van der Waals surface area contributed by atoms with E-state index in [9.17, 15) is 18.0 Å². The molecule has 1 aromatic carbocycles. The van der Waals surface area contributed by atoms with E-state index in [2.05, 4.69) is 15.5 Å². The number of carbonyl (C=O) groups is 2. The van der Waals surface area contributed by atoms with E-state index >= 15 is 0 Å². The van der Waals surface area contributed by atoms with Crippen molar-refractivity contribution in [3.63, 3.8) is 0 Å². The van der Waals surface area contributed by atoms with Crippen LogP contribution in [0.2, 0.25) is 0 Å². The summed E-state index contributed by atoms with van der Waals surface area (Å²) in [6.45, 7) is 0.450. The number of carbonyl (C=O) groups excluding carboxylic acids is 2. The number of amides is 2. The van der Waals surface area contributed by atoms with E-state index in [1.165, 1.54) is 23.5 Å². The van der Waals surface area contributed by atoms with Gasteiger partial charge in [-0.1, -0.05) is 23.5 Å². The molecule has 2 aromatic rings. The molecule has 0 saturated carbocycles. The lowest BCUT2D eigenvalue weighted by Crippen LogP contribution is -2.33. The Bertz CT molecular complexity index is 998. The highest BCUT2D eigenvalue weighted by Gasteiger charge is 2.40. The highest BCUT2D eigenvalue weighted by molar-refractivity contribution is 7.90. The van der Waals surface area contributed by atoms with E-state index in [0.717, 1.165) is 17.1 Å². The van der Waals surface area contributed by atoms with Gasteiger partial charge in [0, 0.05) is 19.6 Å². The van der Waals surface area contributed by atoms with E-state index in [4.69, 9.17) is 4.74 Å². The van der Waals surface area contributed by atoms with Crippen molar-refractivity contribution in [3.05, 3.63) is 34.8 Å². The van der Waals surface area contributed by atoms with Gasteiger partial charge in [-0.15, -0.1) is 10.2 Å². The Hall–Kier alpha value is -2.37. The summed E-state index contributed by atoms with van der Waals surface area (Å²) in [7, 11) is -3.91. The standard InChI is InChI=1S/C16H16N4O5S2/c21-13(17-16-19-18-14(26-16)11-5-3-9-25-11)7-8-20-15(22)10-4-1-2-6-12(10)27(20,23)24/h1-2,4,6,11H,3,5,7-9H2,(H,17,19,21)/t11-/m1/s1. The Morgan fingerprint density at radius 3 is 2.89 bits per heavy atom. The second-order valence-corrected chi connectivity index (χ2v) is 8.96. The van der Waals surface area contributed by atoms with E-state index in [0.29, 0.717) is 16.7 Å². The zero-order valence-electron chi connectivity index (χ0n) is 14.1. The number of benzene rings is 1. The average Bonchev–Trinajstić information content (AvgIpc) is 3.35. The SMILES string of the molecule is O=C(CCN1C(=O)c2ccccc2S1(=O)=O)Nc1nnc([C@H]2CCCO2)s1. The van der Waals surface area contributed by atoms with Crippen LogP contribution in [0.15, 0.2) is 29.2 Å². The lowest BCUT2D eigenvalue weighted by Gasteiger charge is -2.14. The second-order valence-electron chi connectivity index (χ2n) is 6.12. The summed E-state index contributed by atoms with van der Waals surface area (Å²) in [5.74, 6) is -1.06. The maximum atomic E-state index is 12.5. The Morgan fingerprint density at radius 1 is 1.33 bits per heavy atom. The van der Waals surface area contributed by atoms with Gasteiger partial charge in [0.05, 0.1) is 5.56 Å². The number of hydrogen-bond donors (Lipinski definition) is 1. The van der Waals surface area contributed by atoms with Gasteiger partial charge in [0.25, 0.3) is 15.9 Å². The molecule has 0 aliphatic carbocycles. The van der Waals surface area contributed by atoms with Crippen molar-refractivity contribution in [2.24, 2.45) is 0 Å². The fourth-order valence-corrected chi connectivity index (χ4v) is 5.44. The molecule has 0 bridgehead atoms. The number of hydrogen-bond acceptors (Lipinski definition) is 8. The summed E-state index contributed by atoms with van der Waals surface area (Å²) in [6.07, 6.45) is 1.58. The molecule has 3 heterocycles. The molecular formula is C16H16N4O5S2. The highest BCUT2D eigenvalue weighted by atomic mass is 32.2. The first kappa shape index (κ1) is 18.0. The highest BCUT2D eigenvalue weighted by Crippen LogP contribution is 2.32. The van der Waals surface area contributed by atoms with Gasteiger partial charge in [-0.2, -0.15) is 0 Å². The smallest absolute Gasteiger partial charge is 0.269 e. The van der Waals surface area contributed by atoms with E-state index in [1.54, 1.807) is 12.1 Å². The summed E-state index contributed by atoms with van der Waals surface area (Å²) in [5, 5.41) is 11.6. The minimum Gasteiger partial charge on any atom is -0.371 e. The zero-order chi connectivity index (χ0) is 19.0. The topological polar surface area (TPSA) is 119 Å². The van der Waals surface area contributed by atoms with Gasteiger partial charge in [0.2, 0.25) is 11.0 Å². The summed E-state index contributed by atoms with van der Waals surface area (Å²) in [5.41, 5.74) is 0.128. The number of nitrogens with one attached hydrogen (secondary N) is 1. The third-order valence-electron chi connectivity index (χ3n) is 4.35. The van der Waals surface area contributed by atoms with Crippen molar-refractivity contribution in [2.75, 3.05) is 18.5 Å². The van der Waals surface area contributed by atoms with Crippen LogP contribution >= 0.6 is 11.3 Å². The van der Waals surface area contributed by atoms with E-state index in [1.807, 2.05) is 0 Å². The first-order valence-electron chi connectivity index (χ1n) is 8.38. The number of ether oxygens (including phenoxy) is 1. The van der Waals surface area contributed by atoms with Crippen molar-refractivity contribution in [3.8, 4) is 0 Å². The van der Waals surface area contributed by atoms with Crippen LogP contribution < -0.4 is 5.32 Å². The third-order valence-corrected chi connectivity index (χ3v) is 7.12. The van der Waals surface area contributed by atoms with Crippen LogP contribution in [-0.4, -0.2) is 47.9 Å².